The van der Waals surface area contributed by atoms with Crippen molar-refractivity contribution in [2.45, 2.75) is 27.7 Å². The van der Waals surface area contributed by atoms with Crippen molar-refractivity contribution >= 4 is 10.9 Å². The van der Waals surface area contributed by atoms with E-state index in [-0.39, 0.29) is 0 Å². The Morgan fingerprint density at radius 1 is 0.857 bits per heavy atom. The summed E-state index contributed by atoms with van der Waals surface area (Å²) < 4.78 is 0. The van der Waals surface area contributed by atoms with Crippen LogP contribution in [0.1, 0.15) is 22.3 Å². The Kier molecular flexibility index (Phi) is 2.03. The predicted molar refractivity (Wildman–Crippen MR) is 60.7 cm³/mol. The highest BCUT2D eigenvalue weighted by Crippen LogP contribution is 2.23. The van der Waals surface area contributed by atoms with E-state index in [0.29, 0.717) is 0 Å². The van der Waals surface area contributed by atoms with Crippen LogP contribution >= 0.6 is 0 Å². The molecule has 0 radical (unpaired) electrons. The van der Waals surface area contributed by atoms with Crippen molar-refractivity contribution in [3.63, 3.8) is 0 Å². The van der Waals surface area contributed by atoms with E-state index in [1.807, 2.05) is 6.20 Å². The first kappa shape index (κ1) is 9.20. The van der Waals surface area contributed by atoms with Crippen molar-refractivity contribution in [3.8, 4) is 0 Å². The molecule has 1 aromatic carbocycles. The third kappa shape index (κ3) is 1.20. The summed E-state index contributed by atoms with van der Waals surface area (Å²) in [6, 6.07) is 4.35. The van der Waals surface area contributed by atoms with E-state index in [2.05, 4.69) is 44.8 Å². The summed E-state index contributed by atoms with van der Waals surface area (Å²) in [7, 11) is 0. The monoisotopic (exact) mass is 185 g/mol. The molecule has 0 amide bonds. The summed E-state index contributed by atoms with van der Waals surface area (Å²) in [6.07, 6.45) is 1.96. The minimum Gasteiger partial charge on any atom is -0.256 e. The van der Waals surface area contributed by atoms with Crippen LogP contribution in [0.5, 0.6) is 0 Å². The molecule has 0 unspecified atom stereocenters. The molecule has 1 heteroatoms. The van der Waals surface area contributed by atoms with E-state index in [4.69, 9.17) is 0 Å². The standard InChI is InChI=1S/C13H15N/c1-8-5-6-12-10(3)9(2)7-14-13(12)11(8)4/h5-7H,1-4H3. The normalized spacial score (nSPS) is 10.9. The van der Waals surface area contributed by atoms with E-state index in [1.165, 1.54) is 27.6 Å². The van der Waals surface area contributed by atoms with Gasteiger partial charge in [-0.15, -0.1) is 0 Å². The lowest BCUT2D eigenvalue weighted by Crippen LogP contribution is -1.91. The molecule has 0 N–H and O–H groups in total. The first-order valence-electron chi connectivity index (χ1n) is 4.93. The van der Waals surface area contributed by atoms with Crippen LogP contribution in [0.15, 0.2) is 18.3 Å². The highest BCUT2D eigenvalue weighted by molar-refractivity contribution is 5.86. The molecule has 72 valence electrons. The number of hydrogen-bond acceptors (Lipinski definition) is 1. The van der Waals surface area contributed by atoms with E-state index in [0.717, 1.165) is 5.52 Å². The average molecular weight is 185 g/mol. The second-order valence-corrected chi connectivity index (χ2v) is 3.97. The number of aromatic nitrogens is 1. The van der Waals surface area contributed by atoms with E-state index < -0.39 is 0 Å². The van der Waals surface area contributed by atoms with Crippen LogP contribution in [0, 0.1) is 27.7 Å². The lowest BCUT2D eigenvalue weighted by atomic mass is 10.0. The first-order valence-corrected chi connectivity index (χ1v) is 4.93. The van der Waals surface area contributed by atoms with Crippen LogP contribution in [0.3, 0.4) is 0 Å². The minimum atomic E-state index is 1.15. The molecule has 1 nitrogen and oxygen atoms in total. The molecule has 0 atom stereocenters. The van der Waals surface area contributed by atoms with Crippen molar-refractivity contribution < 1.29 is 0 Å². The van der Waals surface area contributed by atoms with Gasteiger partial charge in [-0.25, -0.2) is 0 Å². The smallest absolute Gasteiger partial charge is 0.0736 e. The number of fused-ring (bicyclic) bond motifs is 1. The maximum atomic E-state index is 4.50. The Morgan fingerprint density at radius 3 is 2.29 bits per heavy atom. The Bertz CT molecular complexity index is 451. The third-order valence-corrected chi connectivity index (χ3v) is 3.08. The summed E-state index contributed by atoms with van der Waals surface area (Å²) in [5.74, 6) is 0. The lowest BCUT2D eigenvalue weighted by molar-refractivity contribution is 1.25. The molecule has 0 aliphatic heterocycles. The molecule has 1 aromatic heterocycles. The van der Waals surface area contributed by atoms with Gasteiger partial charge in [0.05, 0.1) is 5.52 Å². The largest absolute Gasteiger partial charge is 0.256 e. The number of pyridine rings is 1. The second-order valence-electron chi connectivity index (χ2n) is 3.97. The Balaban J connectivity index is 2.94. The molecule has 2 rings (SSSR count). The van der Waals surface area contributed by atoms with Gasteiger partial charge in [-0.1, -0.05) is 12.1 Å². The van der Waals surface area contributed by atoms with Gasteiger partial charge in [0.2, 0.25) is 0 Å². The highest BCUT2D eigenvalue weighted by Gasteiger charge is 2.05. The maximum absolute atomic E-state index is 4.50. The number of nitrogens with zero attached hydrogens (tertiary/aromatic N) is 1. The molecule has 2 aromatic rings. The first-order chi connectivity index (χ1) is 6.61. The van der Waals surface area contributed by atoms with Gasteiger partial charge < -0.3 is 0 Å². The molecular formula is C13H15N. The zero-order valence-electron chi connectivity index (χ0n) is 9.18. The van der Waals surface area contributed by atoms with Crippen LogP contribution in [0.2, 0.25) is 0 Å². The van der Waals surface area contributed by atoms with Crippen LogP contribution in [0.25, 0.3) is 10.9 Å². The van der Waals surface area contributed by atoms with Crippen molar-refractivity contribution in [2.24, 2.45) is 0 Å². The fourth-order valence-corrected chi connectivity index (χ4v) is 1.74. The molecule has 0 fully saturated rings. The molecule has 0 saturated carbocycles. The summed E-state index contributed by atoms with van der Waals surface area (Å²) in [6.45, 7) is 8.54. The summed E-state index contributed by atoms with van der Waals surface area (Å²) in [4.78, 5) is 4.50. The van der Waals surface area contributed by atoms with Gasteiger partial charge in [-0.2, -0.15) is 0 Å². The quantitative estimate of drug-likeness (QED) is 0.612. The molecule has 1 heterocycles. The third-order valence-electron chi connectivity index (χ3n) is 3.08. The Hall–Kier alpha value is -1.37. The predicted octanol–water partition coefficient (Wildman–Crippen LogP) is 3.47. The van der Waals surface area contributed by atoms with E-state index in [1.54, 1.807) is 0 Å². The Morgan fingerprint density at radius 2 is 1.57 bits per heavy atom. The van der Waals surface area contributed by atoms with Crippen molar-refractivity contribution in [3.05, 3.63) is 40.6 Å². The van der Waals surface area contributed by atoms with Gasteiger partial charge in [-0.3, -0.25) is 4.98 Å². The van der Waals surface area contributed by atoms with Crippen molar-refractivity contribution in [2.75, 3.05) is 0 Å². The molecule has 0 aliphatic carbocycles. The van der Waals surface area contributed by atoms with Gasteiger partial charge in [-0.05, 0) is 49.9 Å². The van der Waals surface area contributed by atoms with Crippen LogP contribution in [0.4, 0.5) is 0 Å². The van der Waals surface area contributed by atoms with E-state index >= 15 is 0 Å². The highest BCUT2D eigenvalue weighted by atomic mass is 14.7. The summed E-state index contributed by atoms with van der Waals surface area (Å²) in [5.41, 5.74) is 6.37. The van der Waals surface area contributed by atoms with E-state index in [9.17, 15) is 0 Å². The van der Waals surface area contributed by atoms with Gasteiger partial charge in [0.15, 0.2) is 0 Å². The molecule has 0 spiro atoms. The molecule has 0 saturated heterocycles. The number of benzene rings is 1. The fraction of sp³-hybridized carbons (Fsp3) is 0.308. The lowest BCUT2D eigenvalue weighted by Gasteiger charge is -2.08. The molecule has 14 heavy (non-hydrogen) atoms. The zero-order valence-corrected chi connectivity index (χ0v) is 9.18. The van der Waals surface area contributed by atoms with Crippen LogP contribution in [-0.2, 0) is 0 Å². The van der Waals surface area contributed by atoms with Gasteiger partial charge in [0.25, 0.3) is 0 Å². The molecule has 0 aliphatic rings. The fourth-order valence-electron chi connectivity index (χ4n) is 1.74. The van der Waals surface area contributed by atoms with Crippen LogP contribution < -0.4 is 0 Å². The second kappa shape index (κ2) is 3.09. The molecule has 0 bridgehead atoms. The summed E-state index contributed by atoms with van der Waals surface area (Å²) >= 11 is 0. The minimum absolute atomic E-state index is 1.15. The van der Waals surface area contributed by atoms with Crippen LogP contribution in [-0.4, -0.2) is 4.98 Å². The summed E-state index contributed by atoms with van der Waals surface area (Å²) in [5, 5.41) is 1.29. The molecular weight excluding hydrogens is 170 g/mol. The van der Waals surface area contributed by atoms with Crippen molar-refractivity contribution in [1.29, 1.82) is 0 Å². The SMILES string of the molecule is Cc1cnc2c(C)c(C)ccc2c1C. The number of aryl methyl sites for hydroxylation is 4. The Labute approximate surface area is 84.8 Å². The number of hydrogen-bond donors (Lipinski definition) is 0. The zero-order chi connectivity index (χ0) is 10.3. The maximum Gasteiger partial charge on any atom is 0.0736 e. The van der Waals surface area contributed by atoms with Crippen molar-refractivity contribution in [1.82, 2.24) is 4.98 Å². The van der Waals surface area contributed by atoms with Gasteiger partial charge in [0, 0.05) is 11.6 Å². The topological polar surface area (TPSA) is 12.9 Å². The van der Waals surface area contributed by atoms with Gasteiger partial charge >= 0.3 is 0 Å². The number of rotatable bonds is 0. The van der Waals surface area contributed by atoms with Gasteiger partial charge in [0.1, 0.15) is 0 Å². The average Bonchev–Trinajstić information content (AvgIpc) is 2.17.